The van der Waals surface area contributed by atoms with Crippen LogP contribution in [-0.4, -0.2) is 12.6 Å². The highest BCUT2D eigenvalue weighted by Crippen LogP contribution is 2.14. The van der Waals surface area contributed by atoms with Crippen molar-refractivity contribution in [3.05, 3.63) is 48.3 Å². The number of hydrogen-bond donors (Lipinski definition) is 1. The zero-order valence-electron chi connectivity index (χ0n) is 10.0. The second-order valence-electron chi connectivity index (χ2n) is 4.29. The van der Waals surface area contributed by atoms with Gasteiger partial charge in [-0.2, -0.15) is 0 Å². The molecule has 0 saturated heterocycles. The maximum absolute atomic E-state index is 12.7. The van der Waals surface area contributed by atoms with E-state index in [1.165, 1.54) is 17.7 Å². The van der Waals surface area contributed by atoms with Gasteiger partial charge < -0.3 is 5.32 Å². The van der Waals surface area contributed by atoms with Crippen molar-refractivity contribution in [3.63, 3.8) is 0 Å². The Morgan fingerprint density at radius 3 is 2.50 bits per heavy atom. The van der Waals surface area contributed by atoms with Gasteiger partial charge in [-0.25, -0.2) is 4.39 Å². The molecule has 0 fully saturated rings. The highest BCUT2D eigenvalue weighted by atomic mass is 19.1. The summed E-state index contributed by atoms with van der Waals surface area (Å²) in [6.45, 7) is 8.90. The van der Waals surface area contributed by atoms with Crippen LogP contribution < -0.4 is 5.32 Å². The molecule has 1 aromatic rings. The molecule has 0 bridgehead atoms. The van der Waals surface area contributed by atoms with Crippen LogP contribution in [-0.2, 0) is 0 Å². The second kappa shape index (κ2) is 6.44. The minimum absolute atomic E-state index is 0.177. The molecule has 2 atom stereocenters. The van der Waals surface area contributed by atoms with E-state index in [1.54, 1.807) is 0 Å². The first kappa shape index (κ1) is 12.9. The highest BCUT2D eigenvalue weighted by molar-refractivity contribution is 5.20. The summed E-state index contributed by atoms with van der Waals surface area (Å²) in [5.74, 6) is 0.219. The average molecular weight is 221 g/mol. The third kappa shape index (κ3) is 4.15. The van der Waals surface area contributed by atoms with Gasteiger partial charge in [0.25, 0.3) is 0 Å². The molecule has 0 amide bonds. The molecule has 0 aliphatic carbocycles. The van der Waals surface area contributed by atoms with Crippen LogP contribution >= 0.6 is 0 Å². The van der Waals surface area contributed by atoms with E-state index >= 15 is 0 Å². The number of hydrogen-bond acceptors (Lipinski definition) is 1. The van der Waals surface area contributed by atoms with Crippen LogP contribution in [0.2, 0.25) is 0 Å². The topological polar surface area (TPSA) is 12.0 Å². The lowest BCUT2D eigenvalue weighted by Crippen LogP contribution is -2.29. The average Bonchev–Trinajstić information content (AvgIpc) is 2.27. The van der Waals surface area contributed by atoms with E-state index in [-0.39, 0.29) is 5.82 Å². The first-order valence-electron chi connectivity index (χ1n) is 5.73. The van der Waals surface area contributed by atoms with Crippen LogP contribution in [0.15, 0.2) is 36.9 Å². The summed E-state index contributed by atoms with van der Waals surface area (Å²) in [5, 5.41) is 3.43. The van der Waals surface area contributed by atoms with Gasteiger partial charge in [0, 0.05) is 12.6 Å². The van der Waals surface area contributed by atoms with Crippen molar-refractivity contribution in [1.82, 2.24) is 5.32 Å². The largest absolute Gasteiger partial charge is 0.313 e. The lowest BCUT2D eigenvalue weighted by molar-refractivity contribution is 0.522. The summed E-state index contributed by atoms with van der Waals surface area (Å²) in [5.41, 5.74) is 1.17. The van der Waals surface area contributed by atoms with Crippen molar-refractivity contribution in [3.8, 4) is 0 Å². The van der Waals surface area contributed by atoms with Gasteiger partial charge in [-0.3, -0.25) is 0 Å². The summed E-state index contributed by atoms with van der Waals surface area (Å²) in [6.07, 6.45) is 2.89. The predicted octanol–water partition coefficient (Wildman–Crippen LogP) is 3.48. The zero-order valence-corrected chi connectivity index (χ0v) is 10.0. The summed E-state index contributed by atoms with van der Waals surface area (Å²) in [7, 11) is 0. The monoisotopic (exact) mass is 221 g/mol. The molecule has 1 rings (SSSR count). The maximum Gasteiger partial charge on any atom is 0.123 e. The molecule has 0 heterocycles. The molecule has 2 heteroatoms. The molecule has 1 aromatic carbocycles. The van der Waals surface area contributed by atoms with Gasteiger partial charge in [-0.15, -0.1) is 6.58 Å². The molecule has 0 radical (unpaired) electrons. The highest BCUT2D eigenvalue weighted by Gasteiger charge is 2.06. The van der Waals surface area contributed by atoms with Gasteiger partial charge in [-0.1, -0.05) is 25.1 Å². The van der Waals surface area contributed by atoms with Crippen molar-refractivity contribution in [2.45, 2.75) is 32.2 Å². The Kier molecular flexibility index (Phi) is 5.20. The van der Waals surface area contributed by atoms with Crippen molar-refractivity contribution in [2.75, 3.05) is 6.54 Å². The van der Waals surface area contributed by atoms with Crippen molar-refractivity contribution in [1.29, 1.82) is 0 Å². The van der Waals surface area contributed by atoms with Crippen LogP contribution in [0.3, 0.4) is 0 Å². The Morgan fingerprint density at radius 1 is 1.31 bits per heavy atom. The Hall–Kier alpha value is -1.15. The van der Waals surface area contributed by atoms with Crippen molar-refractivity contribution >= 4 is 0 Å². The Balaban J connectivity index is 2.43. The van der Waals surface area contributed by atoms with Gasteiger partial charge in [0.05, 0.1) is 0 Å². The summed E-state index contributed by atoms with van der Waals surface area (Å²) >= 11 is 0. The lowest BCUT2D eigenvalue weighted by atomic mass is 10.0. The molecule has 1 nitrogen and oxygen atoms in total. The minimum Gasteiger partial charge on any atom is -0.313 e. The zero-order chi connectivity index (χ0) is 12.0. The van der Waals surface area contributed by atoms with E-state index in [0.29, 0.717) is 12.0 Å². The van der Waals surface area contributed by atoms with E-state index < -0.39 is 0 Å². The van der Waals surface area contributed by atoms with Crippen LogP contribution in [0.5, 0.6) is 0 Å². The van der Waals surface area contributed by atoms with E-state index in [0.717, 1.165) is 13.0 Å². The maximum atomic E-state index is 12.7. The first-order chi connectivity index (χ1) is 7.63. The number of rotatable bonds is 6. The van der Waals surface area contributed by atoms with E-state index in [1.807, 2.05) is 18.2 Å². The molecule has 16 heavy (non-hydrogen) atoms. The van der Waals surface area contributed by atoms with Gasteiger partial charge >= 0.3 is 0 Å². The van der Waals surface area contributed by atoms with Gasteiger partial charge in [0.15, 0.2) is 0 Å². The van der Waals surface area contributed by atoms with Crippen LogP contribution in [0.25, 0.3) is 0 Å². The van der Waals surface area contributed by atoms with Gasteiger partial charge in [0.2, 0.25) is 0 Å². The third-order valence-electron chi connectivity index (χ3n) is 2.73. The Labute approximate surface area is 97.4 Å². The molecule has 0 aliphatic rings. The van der Waals surface area contributed by atoms with E-state index in [9.17, 15) is 4.39 Å². The van der Waals surface area contributed by atoms with Crippen LogP contribution in [0, 0.1) is 5.82 Å². The minimum atomic E-state index is -0.177. The SMILES string of the molecule is C=CCC(C)NCC(C)c1ccc(F)cc1. The quantitative estimate of drug-likeness (QED) is 0.725. The molecule has 0 spiro atoms. The summed E-state index contributed by atoms with van der Waals surface area (Å²) in [6, 6.07) is 7.16. The Bertz CT molecular complexity index is 318. The molecule has 2 unspecified atom stereocenters. The van der Waals surface area contributed by atoms with Crippen LogP contribution in [0.1, 0.15) is 31.7 Å². The van der Waals surface area contributed by atoms with E-state index in [4.69, 9.17) is 0 Å². The fourth-order valence-electron chi connectivity index (χ4n) is 1.62. The normalized spacial score (nSPS) is 14.4. The lowest BCUT2D eigenvalue weighted by Gasteiger charge is -2.17. The summed E-state index contributed by atoms with van der Waals surface area (Å²) in [4.78, 5) is 0. The van der Waals surface area contributed by atoms with Crippen molar-refractivity contribution < 1.29 is 4.39 Å². The number of benzene rings is 1. The second-order valence-corrected chi connectivity index (χ2v) is 4.29. The van der Waals surface area contributed by atoms with E-state index in [2.05, 4.69) is 25.7 Å². The molecule has 0 aliphatic heterocycles. The van der Waals surface area contributed by atoms with Crippen LogP contribution in [0.4, 0.5) is 4.39 Å². The Morgan fingerprint density at radius 2 is 1.94 bits per heavy atom. The predicted molar refractivity (Wildman–Crippen MR) is 67.1 cm³/mol. The molecular formula is C14H20FN. The molecule has 0 saturated carbocycles. The number of nitrogens with one attached hydrogen (secondary N) is 1. The standard InChI is InChI=1S/C14H20FN/c1-4-5-12(3)16-10-11(2)13-6-8-14(15)9-7-13/h4,6-9,11-12,16H,1,5,10H2,2-3H3. The summed E-state index contributed by atoms with van der Waals surface area (Å²) < 4.78 is 12.7. The fourth-order valence-corrected chi connectivity index (χ4v) is 1.62. The molecular weight excluding hydrogens is 201 g/mol. The van der Waals surface area contributed by atoms with Gasteiger partial charge in [0.1, 0.15) is 5.82 Å². The molecule has 1 N–H and O–H groups in total. The molecule has 0 aromatic heterocycles. The third-order valence-corrected chi connectivity index (χ3v) is 2.73. The van der Waals surface area contributed by atoms with Crippen molar-refractivity contribution in [2.24, 2.45) is 0 Å². The molecule has 88 valence electrons. The fraction of sp³-hybridized carbons (Fsp3) is 0.429. The first-order valence-corrected chi connectivity index (χ1v) is 5.73. The van der Waals surface area contributed by atoms with Gasteiger partial charge in [-0.05, 0) is 37.0 Å². The number of halogens is 1. The smallest absolute Gasteiger partial charge is 0.123 e.